The highest BCUT2D eigenvalue weighted by molar-refractivity contribution is 5.67. The number of benzene rings is 1. The van der Waals surface area contributed by atoms with Crippen molar-refractivity contribution >= 4 is 0 Å². The lowest BCUT2D eigenvalue weighted by Crippen LogP contribution is -1.96. The average Bonchev–Trinajstić information content (AvgIpc) is 2.94. The highest BCUT2D eigenvalue weighted by Crippen LogP contribution is 2.29. The Labute approximate surface area is 107 Å². The van der Waals surface area contributed by atoms with Crippen molar-refractivity contribution in [1.29, 1.82) is 5.26 Å². The van der Waals surface area contributed by atoms with E-state index in [1.807, 2.05) is 18.5 Å². The number of imidazole rings is 1. The van der Waals surface area contributed by atoms with Crippen molar-refractivity contribution in [3.63, 3.8) is 0 Å². The second-order valence-corrected chi connectivity index (χ2v) is 4.86. The van der Waals surface area contributed by atoms with Crippen molar-refractivity contribution in [3.05, 3.63) is 40.8 Å². The molecule has 3 nitrogen and oxygen atoms in total. The molecular weight excluding hydrogens is 222 g/mol. The van der Waals surface area contributed by atoms with Crippen LogP contribution < -0.4 is 0 Å². The van der Waals surface area contributed by atoms with E-state index in [0.717, 1.165) is 23.5 Å². The largest absolute Gasteiger partial charge is 0.330 e. The van der Waals surface area contributed by atoms with Crippen LogP contribution in [0.5, 0.6) is 0 Å². The minimum Gasteiger partial charge on any atom is -0.330 e. The van der Waals surface area contributed by atoms with Gasteiger partial charge in [0.25, 0.3) is 0 Å². The fourth-order valence-corrected chi connectivity index (χ4v) is 2.74. The number of aryl methyl sites for hydroxylation is 3. The summed E-state index contributed by atoms with van der Waals surface area (Å²) < 4.78 is 2.00. The molecule has 3 heteroatoms. The van der Waals surface area contributed by atoms with E-state index < -0.39 is 0 Å². The SMILES string of the molecule is Cc1nc(C#N)c(-c2ccc3c(c2)CCC3)n1C. The highest BCUT2D eigenvalue weighted by Gasteiger charge is 2.17. The lowest BCUT2D eigenvalue weighted by atomic mass is 10.0. The van der Waals surface area contributed by atoms with E-state index in [1.54, 1.807) is 0 Å². The van der Waals surface area contributed by atoms with Crippen molar-refractivity contribution in [1.82, 2.24) is 9.55 Å². The minimum atomic E-state index is 0.521. The fourth-order valence-electron chi connectivity index (χ4n) is 2.74. The van der Waals surface area contributed by atoms with Crippen LogP contribution in [0.15, 0.2) is 18.2 Å². The molecule has 0 spiro atoms. The third-order valence-electron chi connectivity index (χ3n) is 3.80. The van der Waals surface area contributed by atoms with Crippen molar-refractivity contribution in [2.45, 2.75) is 26.2 Å². The molecule has 0 bridgehead atoms. The molecule has 0 saturated heterocycles. The van der Waals surface area contributed by atoms with Gasteiger partial charge in [0.15, 0.2) is 5.69 Å². The molecule has 3 rings (SSSR count). The van der Waals surface area contributed by atoms with Gasteiger partial charge in [-0.2, -0.15) is 5.26 Å². The third-order valence-corrected chi connectivity index (χ3v) is 3.80. The number of nitrogens with zero attached hydrogens (tertiary/aromatic N) is 3. The Morgan fingerprint density at radius 1 is 1.28 bits per heavy atom. The van der Waals surface area contributed by atoms with Gasteiger partial charge in [0.2, 0.25) is 0 Å². The molecule has 0 unspecified atom stereocenters. The summed E-state index contributed by atoms with van der Waals surface area (Å²) in [5.74, 6) is 0.877. The van der Waals surface area contributed by atoms with Crippen LogP contribution in [0, 0.1) is 18.3 Å². The van der Waals surface area contributed by atoms with Gasteiger partial charge < -0.3 is 4.57 Å². The summed E-state index contributed by atoms with van der Waals surface area (Å²) >= 11 is 0. The second-order valence-electron chi connectivity index (χ2n) is 4.86. The first-order chi connectivity index (χ1) is 8.70. The van der Waals surface area contributed by atoms with Gasteiger partial charge in [-0.25, -0.2) is 4.98 Å². The predicted octanol–water partition coefficient (Wildman–Crippen LogP) is 2.76. The summed E-state index contributed by atoms with van der Waals surface area (Å²) in [7, 11) is 1.96. The van der Waals surface area contributed by atoms with Crippen molar-refractivity contribution < 1.29 is 0 Å². The van der Waals surface area contributed by atoms with Crippen molar-refractivity contribution in [2.75, 3.05) is 0 Å². The van der Waals surface area contributed by atoms with Crippen molar-refractivity contribution in [2.24, 2.45) is 7.05 Å². The first kappa shape index (κ1) is 11.0. The summed E-state index contributed by atoms with van der Waals surface area (Å²) in [6.45, 7) is 1.93. The summed E-state index contributed by atoms with van der Waals surface area (Å²) in [5, 5.41) is 9.19. The maximum absolute atomic E-state index is 9.19. The zero-order chi connectivity index (χ0) is 12.7. The van der Waals surface area contributed by atoms with E-state index in [9.17, 15) is 5.26 Å². The Balaban J connectivity index is 2.19. The maximum atomic E-state index is 9.19. The molecular formula is C15H15N3. The van der Waals surface area contributed by atoms with E-state index >= 15 is 0 Å². The van der Waals surface area contributed by atoms with Gasteiger partial charge in [0.05, 0.1) is 5.69 Å². The van der Waals surface area contributed by atoms with Crippen LogP contribution in [-0.2, 0) is 19.9 Å². The van der Waals surface area contributed by atoms with E-state index in [1.165, 1.54) is 24.0 Å². The molecule has 0 fully saturated rings. The van der Waals surface area contributed by atoms with Gasteiger partial charge in [0.1, 0.15) is 11.9 Å². The van der Waals surface area contributed by atoms with E-state index in [4.69, 9.17) is 0 Å². The molecule has 1 aromatic heterocycles. The van der Waals surface area contributed by atoms with Crippen LogP contribution >= 0.6 is 0 Å². The third kappa shape index (κ3) is 1.53. The summed E-state index contributed by atoms with van der Waals surface area (Å²) in [5.41, 5.74) is 5.44. The fraction of sp³-hybridized carbons (Fsp3) is 0.333. The summed E-state index contributed by atoms with van der Waals surface area (Å²) in [6, 6.07) is 8.72. The predicted molar refractivity (Wildman–Crippen MR) is 70.1 cm³/mol. The molecule has 0 radical (unpaired) electrons. The maximum Gasteiger partial charge on any atom is 0.166 e. The van der Waals surface area contributed by atoms with E-state index in [0.29, 0.717) is 5.69 Å². The van der Waals surface area contributed by atoms with Gasteiger partial charge in [-0.05, 0) is 43.4 Å². The smallest absolute Gasteiger partial charge is 0.166 e. The van der Waals surface area contributed by atoms with Gasteiger partial charge in [-0.15, -0.1) is 0 Å². The molecule has 18 heavy (non-hydrogen) atoms. The molecule has 1 aliphatic rings. The van der Waals surface area contributed by atoms with Crippen LogP contribution in [0.2, 0.25) is 0 Å². The standard InChI is InChI=1S/C15H15N3/c1-10-17-14(9-16)15(18(10)2)13-7-6-11-4-3-5-12(11)8-13/h6-8H,3-5H2,1-2H3. The van der Waals surface area contributed by atoms with E-state index in [-0.39, 0.29) is 0 Å². The molecule has 90 valence electrons. The van der Waals surface area contributed by atoms with Crippen molar-refractivity contribution in [3.8, 4) is 17.3 Å². The van der Waals surface area contributed by atoms with E-state index in [2.05, 4.69) is 29.3 Å². The number of hydrogen-bond acceptors (Lipinski definition) is 2. The van der Waals surface area contributed by atoms with Gasteiger partial charge in [0, 0.05) is 12.6 Å². The Hall–Kier alpha value is -2.08. The number of fused-ring (bicyclic) bond motifs is 1. The summed E-state index contributed by atoms with van der Waals surface area (Å²) in [4.78, 5) is 4.30. The molecule has 0 amide bonds. The molecule has 1 heterocycles. The molecule has 0 atom stereocenters. The second kappa shape index (κ2) is 3.99. The summed E-state index contributed by atoms with van der Waals surface area (Å²) in [6.07, 6.45) is 3.58. The lowest BCUT2D eigenvalue weighted by Gasteiger charge is -2.07. The van der Waals surface area contributed by atoms with Crippen LogP contribution in [0.25, 0.3) is 11.3 Å². The number of rotatable bonds is 1. The molecule has 0 N–H and O–H groups in total. The first-order valence-corrected chi connectivity index (χ1v) is 6.26. The van der Waals surface area contributed by atoms with Crippen LogP contribution in [0.1, 0.15) is 29.1 Å². The van der Waals surface area contributed by atoms with Crippen LogP contribution in [0.4, 0.5) is 0 Å². The lowest BCUT2D eigenvalue weighted by molar-refractivity contribution is 0.865. The van der Waals surface area contributed by atoms with Gasteiger partial charge >= 0.3 is 0 Å². The quantitative estimate of drug-likeness (QED) is 0.765. The molecule has 0 aliphatic heterocycles. The number of nitriles is 1. The first-order valence-electron chi connectivity index (χ1n) is 6.26. The van der Waals surface area contributed by atoms with Gasteiger partial charge in [-0.3, -0.25) is 0 Å². The minimum absolute atomic E-state index is 0.521. The molecule has 1 aliphatic carbocycles. The highest BCUT2D eigenvalue weighted by atomic mass is 15.1. The Morgan fingerprint density at radius 2 is 2.06 bits per heavy atom. The number of hydrogen-bond donors (Lipinski definition) is 0. The monoisotopic (exact) mass is 237 g/mol. The Bertz CT molecular complexity index is 659. The number of aromatic nitrogens is 2. The van der Waals surface area contributed by atoms with Gasteiger partial charge in [-0.1, -0.05) is 12.1 Å². The zero-order valence-electron chi connectivity index (χ0n) is 10.7. The molecule has 1 aromatic carbocycles. The molecule has 2 aromatic rings. The topological polar surface area (TPSA) is 41.6 Å². The average molecular weight is 237 g/mol. The normalized spacial score (nSPS) is 13.4. The van der Waals surface area contributed by atoms with Crippen LogP contribution in [0.3, 0.4) is 0 Å². The molecule has 0 saturated carbocycles. The Kier molecular flexibility index (Phi) is 2.45. The van der Waals surface area contributed by atoms with Crippen LogP contribution in [-0.4, -0.2) is 9.55 Å². The zero-order valence-corrected chi connectivity index (χ0v) is 10.7. The Morgan fingerprint density at radius 3 is 2.83 bits per heavy atom.